The first-order valence-electron chi connectivity index (χ1n) is 9.58. The third kappa shape index (κ3) is 6.11. The fraction of sp³-hybridized carbons (Fsp3) is 0.667. The molecule has 146 valence electrons. The topological polar surface area (TPSA) is 59.6 Å². The number of alkyl carbamates (subject to hydrolysis) is 1. The van der Waals surface area contributed by atoms with E-state index in [9.17, 15) is 4.79 Å². The molecule has 5 nitrogen and oxygen atoms in total. The number of aryl methyl sites for hydroxylation is 1. The summed E-state index contributed by atoms with van der Waals surface area (Å²) < 4.78 is 10.7. The van der Waals surface area contributed by atoms with Crippen molar-refractivity contribution in [1.82, 2.24) is 5.32 Å². The second kappa shape index (κ2) is 8.65. The number of nitrogens with one attached hydrogen (secondary N) is 2. The summed E-state index contributed by atoms with van der Waals surface area (Å²) in [5, 5.41) is 6.66. The number of carbonyl (C=O) groups excluding carboxylic acids is 1. The number of anilines is 1. The van der Waals surface area contributed by atoms with Crippen LogP contribution in [0.4, 0.5) is 10.5 Å². The Hall–Kier alpha value is -1.91. The van der Waals surface area contributed by atoms with Gasteiger partial charge in [0.25, 0.3) is 0 Å². The number of hydrogen-bond acceptors (Lipinski definition) is 4. The van der Waals surface area contributed by atoms with Crippen molar-refractivity contribution in [3.63, 3.8) is 0 Å². The van der Waals surface area contributed by atoms with Crippen LogP contribution in [-0.2, 0) is 4.74 Å². The van der Waals surface area contributed by atoms with Crippen molar-refractivity contribution >= 4 is 11.8 Å². The highest BCUT2D eigenvalue weighted by Crippen LogP contribution is 2.30. The van der Waals surface area contributed by atoms with Crippen molar-refractivity contribution in [3.8, 4) is 5.75 Å². The van der Waals surface area contributed by atoms with Gasteiger partial charge < -0.3 is 20.1 Å². The number of benzene rings is 1. The lowest BCUT2D eigenvalue weighted by molar-refractivity contribution is 0.0486. The fourth-order valence-electron chi connectivity index (χ4n) is 3.48. The highest BCUT2D eigenvalue weighted by molar-refractivity contribution is 5.68. The lowest BCUT2D eigenvalue weighted by Crippen LogP contribution is -2.42. The summed E-state index contributed by atoms with van der Waals surface area (Å²) in [5.74, 6) is 1.47. The number of hydrogen-bond donors (Lipinski definition) is 2. The van der Waals surface area contributed by atoms with Gasteiger partial charge in [0.15, 0.2) is 0 Å². The molecule has 1 aromatic rings. The molecule has 0 bridgehead atoms. The largest absolute Gasteiger partial charge is 0.497 e. The van der Waals surface area contributed by atoms with E-state index in [1.165, 1.54) is 5.56 Å². The first kappa shape index (κ1) is 20.4. The first-order valence-corrected chi connectivity index (χ1v) is 9.58. The minimum absolute atomic E-state index is 0.215. The molecule has 5 heteroatoms. The van der Waals surface area contributed by atoms with Crippen LogP contribution in [0, 0.1) is 12.8 Å². The Morgan fingerprint density at radius 3 is 2.42 bits per heavy atom. The van der Waals surface area contributed by atoms with Gasteiger partial charge in [-0.1, -0.05) is 6.07 Å². The molecule has 0 aromatic heterocycles. The molecule has 1 atom stereocenters. The van der Waals surface area contributed by atoms with E-state index < -0.39 is 5.60 Å². The van der Waals surface area contributed by atoms with E-state index >= 15 is 0 Å². The molecule has 2 N–H and O–H groups in total. The molecule has 1 aliphatic carbocycles. The molecule has 2 rings (SSSR count). The van der Waals surface area contributed by atoms with Crippen molar-refractivity contribution in [2.45, 2.75) is 78.0 Å². The maximum atomic E-state index is 11.9. The smallest absolute Gasteiger partial charge is 0.407 e. The molecule has 26 heavy (non-hydrogen) atoms. The van der Waals surface area contributed by atoms with Crippen LogP contribution in [0.15, 0.2) is 18.2 Å². The van der Waals surface area contributed by atoms with Crippen LogP contribution >= 0.6 is 0 Å². The molecule has 1 saturated carbocycles. The number of rotatable bonds is 5. The Morgan fingerprint density at radius 1 is 1.19 bits per heavy atom. The predicted octanol–water partition coefficient (Wildman–Crippen LogP) is 4.89. The highest BCUT2D eigenvalue weighted by Gasteiger charge is 2.27. The third-order valence-electron chi connectivity index (χ3n) is 5.03. The Balaban J connectivity index is 1.83. The molecule has 1 fully saturated rings. The second-order valence-electron chi connectivity index (χ2n) is 8.37. The van der Waals surface area contributed by atoms with Crippen molar-refractivity contribution in [3.05, 3.63) is 23.8 Å². The number of methoxy groups -OCH3 is 1. The lowest BCUT2D eigenvalue weighted by Gasteiger charge is -2.34. The van der Waals surface area contributed by atoms with Gasteiger partial charge in [0.1, 0.15) is 11.4 Å². The van der Waals surface area contributed by atoms with Crippen molar-refractivity contribution in [2.75, 3.05) is 12.4 Å². The van der Waals surface area contributed by atoms with Gasteiger partial charge in [-0.05, 0) is 77.8 Å². The molecule has 1 aromatic carbocycles. The van der Waals surface area contributed by atoms with Crippen LogP contribution in [0.25, 0.3) is 0 Å². The fourth-order valence-corrected chi connectivity index (χ4v) is 3.48. The Labute approximate surface area is 157 Å². The van der Waals surface area contributed by atoms with E-state index in [1.54, 1.807) is 7.11 Å². The highest BCUT2D eigenvalue weighted by atomic mass is 16.6. The summed E-state index contributed by atoms with van der Waals surface area (Å²) in [6.45, 7) is 10.0. The van der Waals surface area contributed by atoms with E-state index in [4.69, 9.17) is 9.47 Å². The van der Waals surface area contributed by atoms with Gasteiger partial charge in [-0.25, -0.2) is 4.79 Å². The molecular weight excluding hydrogens is 328 g/mol. The van der Waals surface area contributed by atoms with E-state index in [-0.39, 0.29) is 12.1 Å². The van der Waals surface area contributed by atoms with Crippen LogP contribution in [0.2, 0.25) is 0 Å². The zero-order valence-electron chi connectivity index (χ0n) is 17.0. The summed E-state index contributed by atoms with van der Waals surface area (Å²) in [7, 11) is 1.69. The Morgan fingerprint density at radius 2 is 1.85 bits per heavy atom. The summed E-state index contributed by atoms with van der Waals surface area (Å²) >= 11 is 0. The maximum Gasteiger partial charge on any atom is 0.407 e. The number of ether oxygens (including phenoxy) is 2. The maximum absolute atomic E-state index is 11.9. The molecule has 0 aliphatic heterocycles. The minimum atomic E-state index is -0.450. The van der Waals surface area contributed by atoms with Crippen LogP contribution in [-0.4, -0.2) is 30.9 Å². The van der Waals surface area contributed by atoms with Gasteiger partial charge in [-0.3, -0.25) is 0 Å². The van der Waals surface area contributed by atoms with Gasteiger partial charge in [0, 0.05) is 23.8 Å². The van der Waals surface area contributed by atoms with E-state index in [1.807, 2.05) is 26.8 Å². The standard InChI is InChI=1S/C21H34N2O3/c1-14-7-12-18(25-6)13-19(14)22-15(2)16-8-10-17(11-9-16)23-20(24)26-21(3,4)5/h7,12-13,15-17,22H,8-11H2,1-6H3,(H,23,24). The molecule has 1 amide bonds. The minimum Gasteiger partial charge on any atom is -0.497 e. The van der Waals surface area contributed by atoms with Gasteiger partial charge in [-0.2, -0.15) is 0 Å². The van der Waals surface area contributed by atoms with Crippen LogP contribution in [0.5, 0.6) is 5.75 Å². The van der Waals surface area contributed by atoms with Gasteiger partial charge >= 0.3 is 6.09 Å². The van der Waals surface area contributed by atoms with E-state index in [0.717, 1.165) is 37.1 Å². The van der Waals surface area contributed by atoms with Crippen molar-refractivity contribution in [1.29, 1.82) is 0 Å². The zero-order valence-corrected chi connectivity index (χ0v) is 17.0. The Kier molecular flexibility index (Phi) is 6.79. The molecule has 0 spiro atoms. The van der Waals surface area contributed by atoms with Crippen molar-refractivity contribution < 1.29 is 14.3 Å². The molecule has 1 aliphatic rings. The van der Waals surface area contributed by atoms with Gasteiger partial charge in [0.2, 0.25) is 0 Å². The summed E-state index contributed by atoms with van der Waals surface area (Å²) in [6, 6.07) is 6.71. The Bertz CT molecular complexity index is 602. The predicted molar refractivity (Wildman–Crippen MR) is 106 cm³/mol. The summed E-state index contributed by atoms with van der Waals surface area (Å²) in [6.07, 6.45) is 3.87. The SMILES string of the molecule is COc1ccc(C)c(NC(C)C2CCC(NC(=O)OC(C)(C)C)CC2)c1. The number of carbonyl (C=O) groups is 1. The summed E-state index contributed by atoms with van der Waals surface area (Å²) in [4.78, 5) is 11.9. The molecule has 0 radical (unpaired) electrons. The van der Waals surface area contributed by atoms with Crippen LogP contribution in [0.3, 0.4) is 0 Å². The normalized spacial score (nSPS) is 21.6. The molecule has 0 heterocycles. The molecule has 0 saturated heterocycles. The van der Waals surface area contributed by atoms with E-state index in [2.05, 4.69) is 36.6 Å². The second-order valence-corrected chi connectivity index (χ2v) is 8.37. The molecule has 1 unspecified atom stereocenters. The lowest BCUT2D eigenvalue weighted by atomic mass is 9.82. The average molecular weight is 363 g/mol. The van der Waals surface area contributed by atoms with Crippen molar-refractivity contribution in [2.24, 2.45) is 5.92 Å². The first-order chi connectivity index (χ1) is 12.2. The quantitative estimate of drug-likeness (QED) is 0.783. The third-order valence-corrected chi connectivity index (χ3v) is 5.03. The average Bonchev–Trinajstić information content (AvgIpc) is 2.55. The molecular formula is C21H34N2O3. The van der Waals surface area contributed by atoms with Crippen LogP contribution < -0.4 is 15.4 Å². The van der Waals surface area contributed by atoms with Gasteiger partial charge in [0.05, 0.1) is 7.11 Å². The number of amides is 1. The monoisotopic (exact) mass is 362 g/mol. The van der Waals surface area contributed by atoms with Gasteiger partial charge in [-0.15, -0.1) is 0 Å². The van der Waals surface area contributed by atoms with E-state index in [0.29, 0.717) is 12.0 Å². The summed E-state index contributed by atoms with van der Waals surface area (Å²) in [5.41, 5.74) is 1.90. The zero-order chi connectivity index (χ0) is 19.3. The van der Waals surface area contributed by atoms with Crippen LogP contribution in [0.1, 0.15) is 58.9 Å².